The molecular formula is C13H24N4. The first-order valence-corrected chi connectivity index (χ1v) is 6.72. The van der Waals surface area contributed by atoms with E-state index in [9.17, 15) is 0 Å². The number of aromatic nitrogens is 2. The second-order valence-electron chi connectivity index (χ2n) is 4.97. The summed E-state index contributed by atoms with van der Waals surface area (Å²) in [4.78, 5) is 6.81. The Bertz CT molecular complexity index is 347. The van der Waals surface area contributed by atoms with E-state index in [2.05, 4.69) is 28.4 Å². The van der Waals surface area contributed by atoms with Crippen LogP contribution in [0.15, 0.2) is 12.4 Å². The van der Waals surface area contributed by atoms with E-state index >= 15 is 0 Å². The molecule has 0 spiro atoms. The van der Waals surface area contributed by atoms with Gasteiger partial charge in [0.2, 0.25) is 5.95 Å². The van der Waals surface area contributed by atoms with Crippen molar-refractivity contribution in [1.82, 2.24) is 9.55 Å². The van der Waals surface area contributed by atoms with Crippen molar-refractivity contribution in [2.24, 2.45) is 11.7 Å². The van der Waals surface area contributed by atoms with Gasteiger partial charge in [-0.1, -0.05) is 12.8 Å². The van der Waals surface area contributed by atoms with Crippen LogP contribution < -0.4 is 10.6 Å². The maximum Gasteiger partial charge on any atom is 0.205 e. The molecule has 2 atom stereocenters. The number of nitrogens with two attached hydrogens (primary N) is 1. The Morgan fingerprint density at radius 2 is 2.24 bits per heavy atom. The van der Waals surface area contributed by atoms with Crippen LogP contribution in [0.5, 0.6) is 0 Å². The van der Waals surface area contributed by atoms with Crippen LogP contribution in [0.2, 0.25) is 0 Å². The fourth-order valence-electron chi connectivity index (χ4n) is 2.98. The van der Waals surface area contributed by atoms with Crippen molar-refractivity contribution in [3.05, 3.63) is 12.4 Å². The van der Waals surface area contributed by atoms with E-state index in [0.717, 1.165) is 19.0 Å². The van der Waals surface area contributed by atoms with E-state index in [1.165, 1.54) is 25.7 Å². The molecule has 2 N–H and O–H groups in total. The van der Waals surface area contributed by atoms with Crippen molar-refractivity contribution in [2.75, 3.05) is 18.5 Å². The first-order chi connectivity index (χ1) is 8.27. The van der Waals surface area contributed by atoms with Gasteiger partial charge in [0, 0.05) is 32.0 Å². The summed E-state index contributed by atoms with van der Waals surface area (Å²) in [6.45, 7) is 3.92. The van der Waals surface area contributed by atoms with E-state index in [-0.39, 0.29) is 0 Å². The van der Waals surface area contributed by atoms with Crippen LogP contribution in [0, 0.1) is 5.92 Å². The molecule has 1 aromatic heterocycles. The Labute approximate surface area is 104 Å². The van der Waals surface area contributed by atoms with E-state index in [1.54, 1.807) is 0 Å². The van der Waals surface area contributed by atoms with E-state index in [4.69, 9.17) is 5.73 Å². The Morgan fingerprint density at radius 1 is 1.47 bits per heavy atom. The number of aryl methyl sites for hydroxylation is 1. The molecule has 1 saturated carbocycles. The Kier molecular flexibility index (Phi) is 4.05. The third-order valence-electron chi connectivity index (χ3n) is 4.02. The maximum absolute atomic E-state index is 5.90. The zero-order valence-corrected chi connectivity index (χ0v) is 11.0. The molecule has 1 aromatic rings. The monoisotopic (exact) mass is 236 g/mol. The van der Waals surface area contributed by atoms with Gasteiger partial charge in [0.1, 0.15) is 0 Å². The van der Waals surface area contributed by atoms with Gasteiger partial charge in [-0.2, -0.15) is 0 Å². The molecule has 0 aliphatic heterocycles. The molecule has 0 amide bonds. The van der Waals surface area contributed by atoms with E-state index in [0.29, 0.717) is 12.0 Å². The molecule has 4 heteroatoms. The summed E-state index contributed by atoms with van der Waals surface area (Å²) >= 11 is 0. The lowest BCUT2D eigenvalue weighted by molar-refractivity contribution is 0.303. The molecule has 1 heterocycles. The Balaban J connectivity index is 2.15. The third-order valence-corrected chi connectivity index (χ3v) is 4.02. The highest BCUT2D eigenvalue weighted by Gasteiger charge is 2.28. The van der Waals surface area contributed by atoms with Gasteiger partial charge in [0.05, 0.1) is 0 Å². The standard InChI is InChI=1S/C13H24N4/c1-3-17-9-8-15-13(17)16(2)12-7-5-4-6-11(12)10-14/h8-9,11-12H,3-7,10,14H2,1-2H3. The average molecular weight is 236 g/mol. The van der Waals surface area contributed by atoms with Gasteiger partial charge in [0.15, 0.2) is 0 Å². The highest BCUT2D eigenvalue weighted by molar-refractivity contribution is 5.32. The molecule has 96 valence electrons. The van der Waals surface area contributed by atoms with Gasteiger partial charge in [-0.15, -0.1) is 0 Å². The van der Waals surface area contributed by atoms with Gasteiger partial charge in [-0.3, -0.25) is 0 Å². The number of imidazole rings is 1. The normalized spacial score (nSPS) is 24.9. The summed E-state index contributed by atoms with van der Waals surface area (Å²) in [7, 11) is 2.16. The average Bonchev–Trinajstić information content (AvgIpc) is 2.86. The van der Waals surface area contributed by atoms with E-state index < -0.39 is 0 Å². The molecule has 17 heavy (non-hydrogen) atoms. The molecule has 0 aromatic carbocycles. The summed E-state index contributed by atoms with van der Waals surface area (Å²) in [5, 5.41) is 0. The van der Waals surface area contributed by atoms with Gasteiger partial charge in [0.25, 0.3) is 0 Å². The lowest BCUT2D eigenvalue weighted by Crippen LogP contribution is -2.44. The first-order valence-electron chi connectivity index (χ1n) is 6.72. The minimum absolute atomic E-state index is 0.557. The van der Waals surface area contributed by atoms with Crippen LogP contribution in [0.1, 0.15) is 32.6 Å². The molecule has 1 aliphatic carbocycles. The predicted octanol–water partition coefficient (Wildman–Crippen LogP) is 1.86. The van der Waals surface area contributed by atoms with Crippen LogP contribution in [-0.2, 0) is 6.54 Å². The van der Waals surface area contributed by atoms with Gasteiger partial charge in [-0.05, 0) is 32.2 Å². The highest BCUT2D eigenvalue weighted by Crippen LogP contribution is 2.29. The molecule has 0 radical (unpaired) electrons. The Hall–Kier alpha value is -1.03. The summed E-state index contributed by atoms with van der Waals surface area (Å²) in [6, 6.07) is 0.557. The minimum atomic E-state index is 0.557. The van der Waals surface area contributed by atoms with Gasteiger partial charge < -0.3 is 15.2 Å². The number of nitrogens with zero attached hydrogens (tertiary/aromatic N) is 3. The molecule has 2 unspecified atom stereocenters. The summed E-state index contributed by atoms with van der Waals surface area (Å²) < 4.78 is 2.20. The van der Waals surface area contributed by atoms with Crippen molar-refractivity contribution in [2.45, 2.75) is 45.2 Å². The first kappa shape index (κ1) is 12.4. The molecule has 4 nitrogen and oxygen atoms in total. The second-order valence-corrected chi connectivity index (χ2v) is 4.97. The summed E-state index contributed by atoms with van der Waals surface area (Å²) in [5.74, 6) is 1.70. The van der Waals surface area contributed by atoms with Crippen molar-refractivity contribution in [1.29, 1.82) is 0 Å². The predicted molar refractivity (Wildman–Crippen MR) is 71.1 cm³/mol. The lowest BCUT2D eigenvalue weighted by Gasteiger charge is -2.38. The smallest absolute Gasteiger partial charge is 0.205 e. The molecular weight excluding hydrogens is 212 g/mol. The molecule has 2 rings (SSSR count). The van der Waals surface area contributed by atoms with Crippen molar-refractivity contribution in [3.63, 3.8) is 0 Å². The van der Waals surface area contributed by atoms with Crippen molar-refractivity contribution < 1.29 is 0 Å². The van der Waals surface area contributed by atoms with Crippen LogP contribution in [0.25, 0.3) is 0 Å². The number of rotatable bonds is 4. The van der Waals surface area contributed by atoms with Crippen molar-refractivity contribution >= 4 is 5.95 Å². The van der Waals surface area contributed by atoms with Crippen LogP contribution in [0.3, 0.4) is 0 Å². The SMILES string of the molecule is CCn1ccnc1N(C)C1CCCCC1CN. The fourth-order valence-corrected chi connectivity index (χ4v) is 2.98. The zero-order chi connectivity index (χ0) is 12.3. The zero-order valence-electron chi connectivity index (χ0n) is 11.0. The summed E-state index contributed by atoms with van der Waals surface area (Å²) in [6.07, 6.45) is 9.09. The number of hydrogen-bond donors (Lipinski definition) is 1. The molecule has 1 fully saturated rings. The summed E-state index contributed by atoms with van der Waals surface area (Å²) in [5.41, 5.74) is 5.90. The molecule has 0 bridgehead atoms. The quantitative estimate of drug-likeness (QED) is 0.868. The largest absolute Gasteiger partial charge is 0.342 e. The highest BCUT2D eigenvalue weighted by atomic mass is 15.3. The topological polar surface area (TPSA) is 47.1 Å². The lowest BCUT2D eigenvalue weighted by atomic mass is 9.84. The van der Waals surface area contributed by atoms with Crippen LogP contribution in [-0.4, -0.2) is 29.2 Å². The van der Waals surface area contributed by atoms with Gasteiger partial charge >= 0.3 is 0 Å². The molecule has 0 saturated heterocycles. The fraction of sp³-hybridized carbons (Fsp3) is 0.769. The number of anilines is 1. The minimum Gasteiger partial charge on any atom is -0.342 e. The van der Waals surface area contributed by atoms with Crippen LogP contribution >= 0.6 is 0 Å². The van der Waals surface area contributed by atoms with Crippen molar-refractivity contribution in [3.8, 4) is 0 Å². The van der Waals surface area contributed by atoms with Gasteiger partial charge in [-0.25, -0.2) is 4.98 Å². The Morgan fingerprint density at radius 3 is 2.94 bits per heavy atom. The number of hydrogen-bond acceptors (Lipinski definition) is 3. The maximum atomic E-state index is 5.90. The van der Waals surface area contributed by atoms with Crippen LogP contribution in [0.4, 0.5) is 5.95 Å². The van der Waals surface area contributed by atoms with E-state index in [1.807, 2.05) is 12.4 Å². The second kappa shape index (κ2) is 5.54. The molecule has 1 aliphatic rings. The third kappa shape index (κ3) is 2.46.